The van der Waals surface area contributed by atoms with E-state index < -0.39 is 33.7 Å². The van der Waals surface area contributed by atoms with Crippen LogP contribution in [0.15, 0.2) is 24.3 Å². The van der Waals surface area contributed by atoms with Crippen LogP contribution < -0.4 is 5.32 Å². The quantitative estimate of drug-likeness (QED) is 0.610. The van der Waals surface area contributed by atoms with E-state index in [1.54, 1.807) is 13.0 Å². The Morgan fingerprint density at radius 2 is 2.04 bits per heavy atom. The van der Waals surface area contributed by atoms with Gasteiger partial charge in [-0.1, -0.05) is 6.07 Å². The van der Waals surface area contributed by atoms with Gasteiger partial charge in [0.1, 0.15) is 0 Å². The summed E-state index contributed by atoms with van der Waals surface area (Å²) in [5, 5.41) is 2.43. The third-order valence-corrected chi connectivity index (χ3v) is 5.74. The van der Waals surface area contributed by atoms with Gasteiger partial charge in [-0.05, 0) is 31.5 Å². The summed E-state index contributed by atoms with van der Waals surface area (Å²) in [5.41, 5.74) is 0.512. The molecular formula is C16H20N2O6S. The molecule has 1 heterocycles. The molecule has 0 spiro atoms. The molecule has 1 aromatic rings. The molecular weight excluding hydrogens is 348 g/mol. The van der Waals surface area contributed by atoms with Crippen LogP contribution in [0.1, 0.15) is 23.7 Å². The molecule has 25 heavy (non-hydrogen) atoms. The Balaban J connectivity index is 2.09. The maximum absolute atomic E-state index is 12.4. The van der Waals surface area contributed by atoms with Gasteiger partial charge < -0.3 is 15.0 Å². The van der Waals surface area contributed by atoms with E-state index in [0.717, 1.165) is 0 Å². The number of carbonyl (C=O) groups is 3. The lowest BCUT2D eigenvalue weighted by molar-refractivity contribution is -0.144. The van der Waals surface area contributed by atoms with E-state index in [1.807, 2.05) is 0 Å². The molecule has 0 radical (unpaired) electrons. The molecule has 1 aliphatic rings. The van der Waals surface area contributed by atoms with Gasteiger partial charge in [-0.25, -0.2) is 13.2 Å². The van der Waals surface area contributed by atoms with Crippen molar-refractivity contribution in [1.29, 1.82) is 0 Å². The average molecular weight is 368 g/mol. The number of esters is 1. The molecule has 1 atom stereocenters. The van der Waals surface area contributed by atoms with Gasteiger partial charge in [0, 0.05) is 18.3 Å². The van der Waals surface area contributed by atoms with Crippen LogP contribution in [-0.2, 0) is 24.2 Å². The number of hydrogen-bond donors (Lipinski definition) is 1. The SMILES string of the molecule is CCN(C(=O)C(=O)Nc1cccc(C(=O)OC)c1)C1CCS(=O)(=O)C1. The molecule has 0 bridgehead atoms. The maximum atomic E-state index is 12.4. The number of likely N-dealkylation sites (N-methyl/N-ethyl adjacent to an activating group) is 1. The van der Waals surface area contributed by atoms with Crippen LogP contribution in [0.2, 0.25) is 0 Å². The lowest BCUT2D eigenvalue weighted by atomic mass is 10.2. The van der Waals surface area contributed by atoms with Gasteiger partial charge in [0.05, 0.1) is 24.2 Å². The molecule has 1 fully saturated rings. The number of amides is 2. The number of hydrogen-bond acceptors (Lipinski definition) is 6. The molecule has 1 N–H and O–H groups in total. The molecule has 8 nitrogen and oxygen atoms in total. The number of benzene rings is 1. The molecule has 1 unspecified atom stereocenters. The second-order valence-corrected chi connectivity index (χ2v) is 7.90. The summed E-state index contributed by atoms with van der Waals surface area (Å²) in [5.74, 6) is -2.35. The van der Waals surface area contributed by atoms with Gasteiger partial charge in [0.15, 0.2) is 9.84 Å². The molecule has 1 saturated heterocycles. The molecule has 2 rings (SSSR count). The summed E-state index contributed by atoms with van der Waals surface area (Å²) in [4.78, 5) is 37.4. The highest BCUT2D eigenvalue weighted by molar-refractivity contribution is 7.91. The largest absolute Gasteiger partial charge is 0.465 e. The lowest BCUT2D eigenvalue weighted by Gasteiger charge is -2.26. The summed E-state index contributed by atoms with van der Waals surface area (Å²) in [6.07, 6.45) is 0.326. The lowest BCUT2D eigenvalue weighted by Crippen LogP contribution is -2.46. The number of carbonyl (C=O) groups excluding carboxylic acids is 3. The number of methoxy groups -OCH3 is 1. The standard InChI is InChI=1S/C16H20N2O6S/c1-3-18(13-7-8-25(22,23)10-13)15(20)14(19)17-12-6-4-5-11(9-12)16(21)24-2/h4-6,9,13H,3,7-8,10H2,1-2H3,(H,17,19). The predicted molar refractivity (Wildman–Crippen MR) is 90.9 cm³/mol. The second kappa shape index (κ2) is 7.64. The number of nitrogens with zero attached hydrogens (tertiary/aromatic N) is 1. The van der Waals surface area contributed by atoms with Crippen molar-refractivity contribution in [3.05, 3.63) is 29.8 Å². The number of nitrogens with one attached hydrogen (secondary N) is 1. The first-order chi connectivity index (χ1) is 11.8. The van der Waals surface area contributed by atoms with Crippen molar-refractivity contribution in [2.75, 3.05) is 30.5 Å². The third kappa shape index (κ3) is 4.56. The summed E-state index contributed by atoms with van der Waals surface area (Å²) in [6, 6.07) is 5.51. The van der Waals surface area contributed by atoms with Gasteiger partial charge in [0.2, 0.25) is 0 Å². The van der Waals surface area contributed by atoms with Crippen molar-refractivity contribution in [3.8, 4) is 0 Å². The number of rotatable bonds is 4. The Hall–Kier alpha value is -2.42. The molecule has 0 aliphatic carbocycles. The Morgan fingerprint density at radius 1 is 1.32 bits per heavy atom. The Labute approximate surface area is 146 Å². The zero-order valence-corrected chi connectivity index (χ0v) is 14.8. The van der Waals surface area contributed by atoms with Crippen LogP contribution >= 0.6 is 0 Å². The van der Waals surface area contributed by atoms with E-state index in [0.29, 0.717) is 6.42 Å². The number of anilines is 1. The first kappa shape index (κ1) is 18.9. The smallest absolute Gasteiger partial charge is 0.337 e. The maximum Gasteiger partial charge on any atom is 0.337 e. The van der Waals surface area contributed by atoms with E-state index in [4.69, 9.17) is 0 Å². The molecule has 0 saturated carbocycles. The van der Waals surface area contributed by atoms with E-state index >= 15 is 0 Å². The highest BCUT2D eigenvalue weighted by Crippen LogP contribution is 2.18. The molecule has 0 aromatic heterocycles. The molecule has 136 valence electrons. The summed E-state index contributed by atoms with van der Waals surface area (Å²) < 4.78 is 27.8. The fourth-order valence-electron chi connectivity index (χ4n) is 2.75. The predicted octanol–water partition coefficient (Wildman–Crippen LogP) is 0.447. The van der Waals surface area contributed by atoms with E-state index in [9.17, 15) is 22.8 Å². The van der Waals surface area contributed by atoms with Crippen LogP contribution in [0, 0.1) is 0 Å². The highest BCUT2D eigenvalue weighted by Gasteiger charge is 2.36. The van der Waals surface area contributed by atoms with Crippen LogP contribution in [-0.4, -0.2) is 62.3 Å². The van der Waals surface area contributed by atoms with Gasteiger partial charge >= 0.3 is 17.8 Å². The van der Waals surface area contributed by atoms with Crippen LogP contribution in [0.5, 0.6) is 0 Å². The number of ether oxygens (including phenoxy) is 1. The minimum atomic E-state index is -3.16. The minimum absolute atomic E-state index is 0.0181. The van der Waals surface area contributed by atoms with Gasteiger partial charge in [-0.3, -0.25) is 9.59 Å². The first-order valence-electron chi connectivity index (χ1n) is 7.78. The van der Waals surface area contributed by atoms with Crippen LogP contribution in [0.4, 0.5) is 5.69 Å². The van der Waals surface area contributed by atoms with Crippen molar-refractivity contribution >= 4 is 33.3 Å². The fraction of sp³-hybridized carbons (Fsp3) is 0.438. The van der Waals surface area contributed by atoms with Crippen molar-refractivity contribution < 1.29 is 27.5 Å². The number of sulfone groups is 1. The van der Waals surface area contributed by atoms with Crippen molar-refractivity contribution in [1.82, 2.24) is 4.90 Å². The molecule has 2 amide bonds. The molecule has 1 aliphatic heterocycles. The average Bonchev–Trinajstić information content (AvgIpc) is 2.94. The van der Waals surface area contributed by atoms with Crippen LogP contribution in [0.3, 0.4) is 0 Å². The van der Waals surface area contributed by atoms with Crippen molar-refractivity contribution in [2.24, 2.45) is 0 Å². The second-order valence-electron chi connectivity index (χ2n) is 5.67. The molecule has 1 aromatic carbocycles. The van der Waals surface area contributed by atoms with E-state index in [1.165, 1.54) is 30.2 Å². The normalized spacial score (nSPS) is 18.4. The summed E-state index contributed by atoms with van der Waals surface area (Å²) >= 11 is 0. The van der Waals surface area contributed by atoms with E-state index in [2.05, 4.69) is 10.1 Å². The van der Waals surface area contributed by atoms with Crippen molar-refractivity contribution in [2.45, 2.75) is 19.4 Å². The Kier molecular flexibility index (Phi) is 5.78. The van der Waals surface area contributed by atoms with Crippen molar-refractivity contribution in [3.63, 3.8) is 0 Å². The van der Waals surface area contributed by atoms with E-state index in [-0.39, 0.29) is 29.3 Å². The first-order valence-corrected chi connectivity index (χ1v) is 9.60. The van der Waals surface area contributed by atoms with Gasteiger partial charge in [-0.15, -0.1) is 0 Å². The zero-order chi connectivity index (χ0) is 18.6. The highest BCUT2D eigenvalue weighted by atomic mass is 32.2. The third-order valence-electron chi connectivity index (χ3n) is 3.99. The topological polar surface area (TPSA) is 110 Å². The zero-order valence-electron chi connectivity index (χ0n) is 14.0. The Morgan fingerprint density at radius 3 is 2.60 bits per heavy atom. The fourth-order valence-corrected chi connectivity index (χ4v) is 4.48. The molecule has 9 heteroatoms. The summed E-state index contributed by atoms with van der Waals surface area (Å²) in [7, 11) is -1.92. The summed E-state index contributed by atoms with van der Waals surface area (Å²) in [6.45, 7) is 1.92. The Bertz CT molecular complexity index is 790. The minimum Gasteiger partial charge on any atom is -0.465 e. The van der Waals surface area contributed by atoms with Gasteiger partial charge in [-0.2, -0.15) is 0 Å². The van der Waals surface area contributed by atoms with Gasteiger partial charge in [0.25, 0.3) is 0 Å². The monoisotopic (exact) mass is 368 g/mol. The van der Waals surface area contributed by atoms with Crippen LogP contribution in [0.25, 0.3) is 0 Å².